The molecule has 2 atom stereocenters. The van der Waals surface area contributed by atoms with Crippen molar-refractivity contribution in [1.29, 1.82) is 0 Å². The minimum absolute atomic E-state index is 0.0171. The summed E-state index contributed by atoms with van der Waals surface area (Å²) in [4.78, 5) is 0. The number of fused-ring (bicyclic) bond motifs is 2. The Labute approximate surface area is 234 Å². The van der Waals surface area contributed by atoms with E-state index in [4.69, 9.17) is 18.9 Å². The largest absolute Gasteiger partial charge is 0.489 e. The Kier molecular flexibility index (Phi) is 12.3. The molecular weight excluding hydrogens is 492 g/mol. The molecule has 0 aliphatic carbocycles. The lowest BCUT2D eigenvalue weighted by atomic mass is 9.81. The highest BCUT2D eigenvalue weighted by molar-refractivity contribution is 6.11. The smallest absolute Gasteiger partial charge is 0.135 e. The highest BCUT2D eigenvalue weighted by Crippen LogP contribution is 2.44. The van der Waals surface area contributed by atoms with Gasteiger partial charge in [-0.1, -0.05) is 83.9 Å². The third kappa shape index (κ3) is 8.55. The van der Waals surface area contributed by atoms with Gasteiger partial charge in [0.1, 0.15) is 36.9 Å². The van der Waals surface area contributed by atoms with E-state index < -0.39 is 12.2 Å². The van der Waals surface area contributed by atoms with Crippen molar-refractivity contribution >= 4 is 21.5 Å². The number of benzene rings is 3. The molecule has 0 amide bonds. The summed E-state index contributed by atoms with van der Waals surface area (Å²) in [6.07, 6.45) is 3.58. The van der Waals surface area contributed by atoms with Gasteiger partial charge < -0.3 is 29.2 Å². The molecule has 0 heterocycles. The number of hydrogen-bond donors (Lipinski definition) is 2. The van der Waals surface area contributed by atoms with Crippen molar-refractivity contribution < 1.29 is 29.2 Å². The predicted molar refractivity (Wildman–Crippen MR) is 159 cm³/mol. The Morgan fingerprint density at radius 1 is 0.667 bits per heavy atom. The van der Waals surface area contributed by atoms with Gasteiger partial charge in [0.2, 0.25) is 0 Å². The summed E-state index contributed by atoms with van der Waals surface area (Å²) < 4.78 is 23.9. The molecule has 6 nitrogen and oxygen atoms in total. The topological polar surface area (TPSA) is 77.4 Å². The summed E-state index contributed by atoms with van der Waals surface area (Å²) in [5.74, 6) is 1.43. The summed E-state index contributed by atoms with van der Waals surface area (Å²) in [6, 6.07) is 14.4. The summed E-state index contributed by atoms with van der Waals surface area (Å²) in [5.41, 5.74) is 1.19. The fraction of sp³-hybridized carbons (Fsp3) is 0.576. The normalized spacial score (nSPS) is 13.6. The predicted octanol–water partition coefficient (Wildman–Crippen LogP) is 6.79. The minimum Gasteiger partial charge on any atom is -0.489 e. The summed E-state index contributed by atoms with van der Waals surface area (Å²) in [5, 5.41) is 24.7. The Bertz CT molecular complexity index is 1160. The van der Waals surface area contributed by atoms with Gasteiger partial charge in [0.25, 0.3) is 0 Å². The van der Waals surface area contributed by atoms with Gasteiger partial charge in [0, 0.05) is 34.8 Å². The first-order chi connectivity index (χ1) is 18.8. The highest BCUT2D eigenvalue weighted by atomic mass is 16.5. The van der Waals surface area contributed by atoms with Gasteiger partial charge in [0.05, 0.1) is 13.2 Å². The maximum Gasteiger partial charge on any atom is 0.135 e. The molecule has 6 heteroatoms. The molecule has 3 aromatic carbocycles. The third-order valence-corrected chi connectivity index (χ3v) is 7.34. The van der Waals surface area contributed by atoms with Crippen LogP contribution in [0.15, 0.2) is 42.5 Å². The molecule has 0 fully saturated rings. The van der Waals surface area contributed by atoms with Crippen molar-refractivity contribution in [2.45, 2.75) is 84.3 Å². The van der Waals surface area contributed by atoms with Crippen molar-refractivity contribution in [1.82, 2.24) is 0 Å². The lowest BCUT2D eigenvalue weighted by Crippen LogP contribution is -2.24. The van der Waals surface area contributed by atoms with Crippen LogP contribution in [-0.2, 0) is 14.9 Å². The second kappa shape index (κ2) is 15.4. The number of unbranched alkanes of at least 4 members (excludes halogenated alkanes) is 2. The van der Waals surface area contributed by atoms with Gasteiger partial charge in [-0.25, -0.2) is 0 Å². The van der Waals surface area contributed by atoms with Crippen LogP contribution < -0.4 is 9.47 Å². The quantitative estimate of drug-likeness (QED) is 0.137. The van der Waals surface area contributed by atoms with Gasteiger partial charge in [-0.15, -0.1) is 0 Å². The average molecular weight is 541 g/mol. The number of aliphatic hydroxyl groups excluding tert-OH is 2. The Hall–Kier alpha value is -2.38. The molecule has 0 saturated carbocycles. The summed E-state index contributed by atoms with van der Waals surface area (Å²) >= 11 is 0. The standard InChI is InChI=1S/C33H48O6/c1-6-9-17-36-20-25(34)22-38-31-27-13-11-12-14-28(27)32(39-23-26(35)21-37-18-10-7-2)30-19-24(15-16-29(30)31)33(4,5)8-3/h11-16,19,25-26,34-35H,6-10,17-18,20-23H2,1-5H3. The first-order valence-electron chi connectivity index (χ1n) is 14.6. The third-order valence-electron chi connectivity index (χ3n) is 7.34. The van der Waals surface area contributed by atoms with Gasteiger partial charge >= 0.3 is 0 Å². The zero-order chi connectivity index (χ0) is 28.3. The van der Waals surface area contributed by atoms with Crippen molar-refractivity contribution in [3.8, 4) is 11.5 Å². The van der Waals surface area contributed by atoms with E-state index in [1.165, 1.54) is 5.56 Å². The zero-order valence-electron chi connectivity index (χ0n) is 24.5. The van der Waals surface area contributed by atoms with Gasteiger partial charge in [0.15, 0.2) is 0 Å². The molecule has 0 aromatic heterocycles. The molecule has 0 aliphatic heterocycles. The SMILES string of the molecule is CCCCOCC(O)COc1c2ccccc2c(OCC(O)COCCCC)c2cc(C(C)(C)CC)ccc12. The number of hydrogen-bond acceptors (Lipinski definition) is 6. The summed E-state index contributed by atoms with van der Waals surface area (Å²) in [6.45, 7) is 12.9. The van der Waals surface area contributed by atoms with Crippen LogP contribution >= 0.6 is 0 Å². The first kappa shape index (κ1) is 31.2. The van der Waals surface area contributed by atoms with Crippen LogP contribution in [0.1, 0.15) is 72.3 Å². The van der Waals surface area contributed by atoms with E-state index in [1.807, 2.05) is 24.3 Å². The van der Waals surface area contributed by atoms with E-state index in [2.05, 4.69) is 52.8 Å². The Morgan fingerprint density at radius 3 is 1.64 bits per heavy atom. The van der Waals surface area contributed by atoms with Gasteiger partial charge in [-0.3, -0.25) is 0 Å². The number of rotatable bonds is 18. The lowest BCUT2D eigenvalue weighted by molar-refractivity contribution is 0.0115. The Morgan fingerprint density at radius 2 is 1.15 bits per heavy atom. The first-order valence-corrected chi connectivity index (χ1v) is 14.6. The molecule has 0 radical (unpaired) electrons. The second-order valence-corrected chi connectivity index (χ2v) is 11.0. The maximum atomic E-state index is 10.6. The van der Waals surface area contributed by atoms with Crippen molar-refractivity contribution in [2.24, 2.45) is 0 Å². The molecule has 3 rings (SSSR count). The van der Waals surface area contributed by atoms with Crippen molar-refractivity contribution in [3.63, 3.8) is 0 Å². The molecule has 2 N–H and O–H groups in total. The number of aliphatic hydroxyl groups is 2. The van der Waals surface area contributed by atoms with Crippen LogP contribution in [-0.4, -0.2) is 62.1 Å². The highest BCUT2D eigenvalue weighted by Gasteiger charge is 2.23. The molecule has 0 saturated heterocycles. The summed E-state index contributed by atoms with van der Waals surface area (Å²) in [7, 11) is 0. The van der Waals surface area contributed by atoms with Crippen LogP contribution in [0.2, 0.25) is 0 Å². The molecule has 3 aromatic rings. The van der Waals surface area contributed by atoms with Crippen LogP contribution in [0.5, 0.6) is 11.5 Å². The van der Waals surface area contributed by atoms with Crippen molar-refractivity contribution in [2.75, 3.05) is 39.6 Å². The minimum atomic E-state index is -0.732. The molecule has 0 aliphatic rings. The average Bonchev–Trinajstić information content (AvgIpc) is 2.94. The van der Waals surface area contributed by atoms with E-state index in [0.29, 0.717) is 19.0 Å². The molecule has 39 heavy (non-hydrogen) atoms. The monoisotopic (exact) mass is 540 g/mol. The van der Waals surface area contributed by atoms with E-state index in [1.54, 1.807) is 0 Å². The molecule has 2 unspecified atom stereocenters. The van der Waals surface area contributed by atoms with Gasteiger partial charge in [-0.2, -0.15) is 0 Å². The van der Waals surface area contributed by atoms with E-state index in [-0.39, 0.29) is 31.8 Å². The fourth-order valence-electron chi connectivity index (χ4n) is 4.42. The van der Waals surface area contributed by atoms with Gasteiger partial charge in [-0.05, 0) is 36.3 Å². The molecular formula is C33H48O6. The molecule has 216 valence electrons. The van der Waals surface area contributed by atoms with Crippen molar-refractivity contribution in [3.05, 3.63) is 48.0 Å². The van der Waals surface area contributed by atoms with Crippen LogP contribution in [0.25, 0.3) is 21.5 Å². The number of ether oxygens (including phenoxy) is 4. The van der Waals surface area contributed by atoms with E-state index in [9.17, 15) is 10.2 Å². The van der Waals surface area contributed by atoms with E-state index in [0.717, 1.165) is 59.4 Å². The zero-order valence-corrected chi connectivity index (χ0v) is 24.5. The van der Waals surface area contributed by atoms with Crippen LogP contribution in [0.4, 0.5) is 0 Å². The van der Waals surface area contributed by atoms with Crippen LogP contribution in [0.3, 0.4) is 0 Å². The Balaban J connectivity index is 1.97. The fourth-order valence-corrected chi connectivity index (χ4v) is 4.42. The van der Waals surface area contributed by atoms with Crippen LogP contribution in [0, 0.1) is 0 Å². The lowest BCUT2D eigenvalue weighted by Gasteiger charge is -2.25. The molecule has 0 bridgehead atoms. The van der Waals surface area contributed by atoms with E-state index >= 15 is 0 Å². The maximum absolute atomic E-state index is 10.6. The second-order valence-electron chi connectivity index (χ2n) is 11.0. The molecule has 0 spiro atoms.